The van der Waals surface area contributed by atoms with Crippen LogP contribution in [0, 0.1) is 0 Å². The van der Waals surface area contributed by atoms with Gasteiger partial charge in [0, 0.05) is 24.5 Å². The summed E-state index contributed by atoms with van der Waals surface area (Å²) in [6.07, 6.45) is 9.10. The Bertz CT molecular complexity index is 328. The number of nitrogens with one attached hydrogen (secondary N) is 1. The standard InChI is InChI=1S/C14H22N2O/c1-11(12-6-5-9-15-10-12)16-13-7-3-2-4-8-14(13)17/h5-6,9-11,13-14,16-17H,2-4,7-8H2,1H3. The Morgan fingerprint density at radius 1 is 1.35 bits per heavy atom. The summed E-state index contributed by atoms with van der Waals surface area (Å²) in [5.41, 5.74) is 1.18. The molecule has 3 nitrogen and oxygen atoms in total. The zero-order valence-corrected chi connectivity index (χ0v) is 10.5. The molecule has 1 aromatic heterocycles. The molecule has 0 radical (unpaired) electrons. The van der Waals surface area contributed by atoms with Crippen molar-refractivity contribution >= 4 is 0 Å². The smallest absolute Gasteiger partial charge is 0.0693 e. The largest absolute Gasteiger partial charge is 0.392 e. The predicted octanol–water partition coefficient (Wildman–Crippen LogP) is 2.43. The third kappa shape index (κ3) is 3.51. The quantitative estimate of drug-likeness (QED) is 0.790. The van der Waals surface area contributed by atoms with Crippen molar-refractivity contribution < 1.29 is 5.11 Å². The lowest BCUT2D eigenvalue weighted by molar-refractivity contribution is 0.115. The third-order valence-corrected chi connectivity index (χ3v) is 3.63. The molecule has 1 aliphatic rings. The number of hydrogen-bond donors (Lipinski definition) is 2. The molecule has 1 aliphatic carbocycles. The molecule has 1 aromatic rings. The molecule has 0 aliphatic heterocycles. The summed E-state index contributed by atoms with van der Waals surface area (Å²) >= 11 is 0. The SMILES string of the molecule is CC(NC1CCCCCC1O)c1cccnc1. The molecule has 0 aromatic carbocycles. The van der Waals surface area contributed by atoms with E-state index in [1.54, 1.807) is 6.20 Å². The van der Waals surface area contributed by atoms with Crippen LogP contribution in [0.3, 0.4) is 0 Å². The van der Waals surface area contributed by atoms with Crippen molar-refractivity contribution in [2.45, 2.75) is 57.2 Å². The highest BCUT2D eigenvalue weighted by Gasteiger charge is 2.23. The van der Waals surface area contributed by atoms with Crippen LogP contribution in [0.4, 0.5) is 0 Å². The summed E-state index contributed by atoms with van der Waals surface area (Å²) in [5, 5.41) is 13.6. The Hall–Kier alpha value is -0.930. The minimum Gasteiger partial charge on any atom is -0.392 e. The Morgan fingerprint density at radius 3 is 2.94 bits per heavy atom. The van der Waals surface area contributed by atoms with Crippen LogP contribution >= 0.6 is 0 Å². The van der Waals surface area contributed by atoms with E-state index in [2.05, 4.69) is 23.3 Å². The topological polar surface area (TPSA) is 45.1 Å². The molecule has 3 atom stereocenters. The second-order valence-electron chi connectivity index (χ2n) is 4.99. The van der Waals surface area contributed by atoms with Crippen molar-refractivity contribution in [3.8, 4) is 0 Å². The highest BCUT2D eigenvalue weighted by atomic mass is 16.3. The van der Waals surface area contributed by atoms with Crippen molar-refractivity contribution in [3.63, 3.8) is 0 Å². The van der Waals surface area contributed by atoms with E-state index >= 15 is 0 Å². The lowest BCUT2D eigenvalue weighted by Gasteiger charge is -2.26. The van der Waals surface area contributed by atoms with Crippen molar-refractivity contribution in [2.75, 3.05) is 0 Å². The zero-order valence-electron chi connectivity index (χ0n) is 10.5. The van der Waals surface area contributed by atoms with E-state index in [1.807, 2.05) is 12.3 Å². The summed E-state index contributed by atoms with van der Waals surface area (Å²) in [4.78, 5) is 4.13. The van der Waals surface area contributed by atoms with Gasteiger partial charge < -0.3 is 10.4 Å². The van der Waals surface area contributed by atoms with E-state index in [-0.39, 0.29) is 18.2 Å². The molecule has 2 rings (SSSR count). The molecule has 0 bridgehead atoms. The molecule has 17 heavy (non-hydrogen) atoms. The Kier molecular flexibility index (Phi) is 4.51. The average Bonchev–Trinajstić information content (AvgIpc) is 2.56. The normalized spacial score (nSPS) is 27.4. The predicted molar refractivity (Wildman–Crippen MR) is 68.7 cm³/mol. The van der Waals surface area contributed by atoms with Gasteiger partial charge in [-0.1, -0.05) is 25.3 Å². The third-order valence-electron chi connectivity index (χ3n) is 3.63. The van der Waals surface area contributed by atoms with Gasteiger partial charge in [-0.3, -0.25) is 4.98 Å². The van der Waals surface area contributed by atoms with E-state index in [1.165, 1.54) is 18.4 Å². The van der Waals surface area contributed by atoms with Crippen LogP contribution in [0.25, 0.3) is 0 Å². The van der Waals surface area contributed by atoms with Gasteiger partial charge in [0.05, 0.1) is 6.10 Å². The molecular formula is C14H22N2O. The lowest BCUT2D eigenvalue weighted by atomic mass is 10.0. The molecule has 1 fully saturated rings. The Morgan fingerprint density at radius 2 is 2.18 bits per heavy atom. The van der Waals surface area contributed by atoms with Crippen LogP contribution in [0.1, 0.15) is 50.6 Å². The maximum atomic E-state index is 10.1. The van der Waals surface area contributed by atoms with Crippen LogP contribution in [0.15, 0.2) is 24.5 Å². The molecule has 94 valence electrons. The summed E-state index contributed by atoms with van der Waals surface area (Å²) < 4.78 is 0. The first-order chi connectivity index (χ1) is 8.27. The number of nitrogens with zero attached hydrogens (tertiary/aromatic N) is 1. The highest BCUT2D eigenvalue weighted by Crippen LogP contribution is 2.21. The van der Waals surface area contributed by atoms with Crippen molar-refractivity contribution in [1.29, 1.82) is 0 Å². The van der Waals surface area contributed by atoms with Gasteiger partial charge in [0.1, 0.15) is 0 Å². The maximum Gasteiger partial charge on any atom is 0.0693 e. The van der Waals surface area contributed by atoms with Crippen LogP contribution in [-0.2, 0) is 0 Å². The fourth-order valence-electron chi connectivity index (χ4n) is 2.53. The van der Waals surface area contributed by atoms with Gasteiger partial charge in [-0.15, -0.1) is 0 Å². The Labute approximate surface area is 103 Å². The monoisotopic (exact) mass is 234 g/mol. The van der Waals surface area contributed by atoms with Crippen LogP contribution in [0.5, 0.6) is 0 Å². The van der Waals surface area contributed by atoms with Crippen molar-refractivity contribution in [1.82, 2.24) is 10.3 Å². The minimum atomic E-state index is -0.198. The number of aliphatic hydroxyl groups is 1. The van der Waals surface area contributed by atoms with Gasteiger partial charge in [0.15, 0.2) is 0 Å². The molecule has 3 heteroatoms. The van der Waals surface area contributed by atoms with E-state index < -0.39 is 0 Å². The van der Waals surface area contributed by atoms with Crippen LogP contribution in [-0.4, -0.2) is 22.2 Å². The lowest BCUT2D eigenvalue weighted by Crippen LogP contribution is -2.40. The maximum absolute atomic E-state index is 10.1. The number of hydrogen-bond acceptors (Lipinski definition) is 3. The Balaban J connectivity index is 1.95. The summed E-state index contributed by atoms with van der Waals surface area (Å²) in [5.74, 6) is 0. The van der Waals surface area contributed by atoms with E-state index in [9.17, 15) is 5.11 Å². The molecule has 1 saturated carbocycles. The minimum absolute atomic E-state index is 0.198. The van der Waals surface area contributed by atoms with Crippen molar-refractivity contribution in [3.05, 3.63) is 30.1 Å². The highest BCUT2D eigenvalue weighted by molar-refractivity contribution is 5.13. The molecule has 1 heterocycles. The van der Waals surface area contributed by atoms with Crippen molar-refractivity contribution in [2.24, 2.45) is 0 Å². The molecular weight excluding hydrogens is 212 g/mol. The average molecular weight is 234 g/mol. The first kappa shape index (κ1) is 12.5. The fraction of sp³-hybridized carbons (Fsp3) is 0.643. The zero-order chi connectivity index (χ0) is 12.1. The van der Waals surface area contributed by atoms with Gasteiger partial charge in [0.2, 0.25) is 0 Å². The summed E-state index contributed by atoms with van der Waals surface area (Å²) in [6, 6.07) is 4.51. The molecule has 3 unspecified atom stereocenters. The number of aliphatic hydroxyl groups excluding tert-OH is 1. The first-order valence-corrected chi connectivity index (χ1v) is 6.61. The molecule has 2 N–H and O–H groups in total. The summed E-state index contributed by atoms with van der Waals surface area (Å²) in [6.45, 7) is 2.13. The van der Waals surface area contributed by atoms with Gasteiger partial charge in [-0.2, -0.15) is 0 Å². The molecule has 0 amide bonds. The molecule has 0 saturated heterocycles. The van der Waals surface area contributed by atoms with Gasteiger partial charge >= 0.3 is 0 Å². The summed E-state index contributed by atoms with van der Waals surface area (Å²) in [7, 11) is 0. The van der Waals surface area contributed by atoms with E-state index in [0.717, 1.165) is 19.3 Å². The first-order valence-electron chi connectivity index (χ1n) is 6.61. The number of pyridine rings is 1. The van der Waals surface area contributed by atoms with Gasteiger partial charge in [0.25, 0.3) is 0 Å². The second-order valence-corrected chi connectivity index (χ2v) is 4.99. The number of rotatable bonds is 3. The van der Waals surface area contributed by atoms with E-state index in [4.69, 9.17) is 0 Å². The number of aromatic nitrogens is 1. The van der Waals surface area contributed by atoms with Crippen LogP contribution in [0.2, 0.25) is 0 Å². The van der Waals surface area contributed by atoms with E-state index in [0.29, 0.717) is 0 Å². The van der Waals surface area contributed by atoms with Gasteiger partial charge in [-0.05, 0) is 31.4 Å². The van der Waals surface area contributed by atoms with Gasteiger partial charge in [-0.25, -0.2) is 0 Å². The second kappa shape index (κ2) is 6.12. The molecule has 0 spiro atoms. The van der Waals surface area contributed by atoms with Crippen LogP contribution < -0.4 is 5.32 Å². The fourth-order valence-corrected chi connectivity index (χ4v) is 2.53.